The molecule has 0 aliphatic carbocycles. The van der Waals surface area contributed by atoms with Crippen molar-refractivity contribution < 1.29 is 4.79 Å². The lowest BCUT2D eigenvalue weighted by atomic mass is 10.3. The lowest BCUT2D eigenvalue weighted by molar-refractivity contribution is 0.0733. The second-order valence-electron chi connectivity index (χ2n) is 4.95. The van der Waals surface area contributed by atoms with Gasteiger partial charge in [0.25, 0.3) is 5.91 Å². The summed E-state index contributed by atoms with van der Waals surface area (Å²) in [5, 5.41) is 6.85. The van der Waals surface area contributed by atoms with E-state index >= 15 is 0 Å². The van der Waals surface area contributed by atoms with Crippen LogP contribution in [0, 0.1) is 0 Å². The topological polar surface area (TPSA) is 65.1 Å². The minimum atomic E-state index is -0.0812. The summed E-state index contributed by atoms with van der Waals surface area (Å²) in [5.41, 5.74) is 0. The third-order valence-corrected chi connectivity index (χ3v) is 2.81. The summed E-state index contributed by atoms with van der Waals surface area (Å²) in [7, 11) is 4.00. The van der Waals surface area contributed by atoms with Gasteiger partial charge in [0, 0.05) is 26.1 Å². The summed E-state index contributed by atoms with van der Waals surface area (Å²) < 4.78 is 0. The maximum Gasteiger partial charge on any atom is 0.293 e. The van der Waals surface area contributed by atoms with Gasteiger partial charge >= 0.3 is 0 Å². The first-order chi connectivity index (χ1) is 9.08. The molecule has 0 saturated heterocycles. The number of rotatable bonds is 8. The fourth-order valence-electron chi connectivity index (χ4n) is 1.79. The van der Waals surface area contributed by atoms with E-state index in [1.165, 1.54) is 0 Å². The number of aryl methyl sites for hydroxylation is 1. The number of hydrogen-bond donors (Lipinski definition) is 1. The molecule has 0 atom stereocenters. The number of nitrogens with zero attached hydrogens (tertiary/aromatic N) is 4. The van der Waals surface area contributed by atoms with Gasteiger partial charge in [-0.1, -0.05) is 13.8 Å². The summed E-state index contributed by atoms with van der Waals surface area (Å²) >= 11 is 0. The van der Waals surface area contributed by atoms with Crippen LogP contribution in [0.15, 0.2) is 0 Å². The molecule has 0 aromatic carbocycles. The van der Waals surface area contributed by atoms with Gasteiger partial charge in [-0.05, 0) is 26.9 Å². The molecular formula is C13H25N5O. The van der Waals surface area contributed by atoms with Crippen LogP contribution in [0.1, 0.15) is 43.1 Å². The summed E-state index contributed by atoms with van der Waals surface area (Å²) in [6, 6.07) is 0. The Labute approximate surface area is 115 Å². The Morgan fingerprint density at radius 1 is 1.16 bits per heavy atom. The SMILES string of the molecule is CCCc1nc(C(=O)N(CCC)CCN(C)C)n[nH]1. The third kappa shape index (κ3) is 4.98. The summed E-state index contributed by atoms with van der Waals surface area (Å²) in [5.74, 6) is 0.993. The van der Waals surface area contributed by atoms with Gasteiger partial charge in [-0.25, -0.2) is 4.98 Å². The number of carbonyl (C=O) groups excluding carboxylic acids is 1. The molecule has 108 valence electrons. The van der Waals surface area contributed by atoms with Gasteiger partial charge in [0.1, 0.15) is 5.82 Å². The zero-order valence-electron chi connectivity index (χ0n) is 12.4. The lowest BCUT2D eigenvalue weighted by Gasteiger charge is -2.22. The van der Waals surface area contributed by atoms with E-state index in [1.807, 2.05) is 19.0 Å². The van der Waals surface area contributed by atoms with E-state index in [9.17, 15) is 4.79 Å². The highest BCUT2D eigenvalue weighted by Crippen LogP contribution is 2.03. The van der Waals surface area contributed by atoms with Gasteiger partial charge in [0.05, 0.1) is 0 Å². The number of likely N-dealkylation sites (N-methyl/N-ethyl adjacent to an activating group) is 1. The highest BCUT2D eigenvalue weighted by molar-refractivity contribution is 5.90. The molecule has 0 unspecified atom stereocenters. The molecular weight excluding hydrogens is 242 g/mol. The minimum Gasteiger partial charge on any atom is -0.335 e. The van der Waals surface area contributed by atoms with Crippen LogP contribution in [-0.2, 0) is 6.42 Å². The van der Waals surface area contributed by atoms with E-state index in [2.05, 4.69) is 33.9 Å². The Morgan fingerprint density at radius 2 is 1.89 bits per heavy atom. The molecule has 0 bridgehead atoms. The molecule has 6 heteroatoms. The van der Waals surface area contributed by atoms with E-state index in [-0.39, 0.29) is 11.7 Å². The van der Waals surface area contributed by atoms with Crippen LogP contribution >= 0.6 is 0 Å². The number of hydrogen-bond acceptors (Lipinski definition) is 4. The van der Waals surface area contributed by atoms with Crippen molar-refractivity contribution in [1.29, 1.82) is 0 Å². The molecule has 0 radical (unpaired) electrons. The second kappa shape index (κ2) is 7.89. The molecule has 1 aromatic rings. The van der Waals surface area contributed by atoms with Crippen LogP contribution in [0.5, 0.6) is 0 Å². The Kier molecular flexibility index (Phi) is 6.49. The predicted molar refractivity (Wildman–Crippen MR) is 75.1 cm³/mol. The number of aromatic nitrogens is 3. The minimum absolute atomic E-state index is 0.0812. The quantitative estimate of drug-likeness (QED) is 0.768. The molecule has 0 saturated carbocycles. The number of nitrogens with one attached hydrogen (secondary N) is 1. The van der Waals surface area contributed by atoms with Gasteiger partial charge in [-0.2, -0.15) is 0 Å². The Balaban J connectivity index is 2.68. The zero-order valence-corrected chi connectivity index (χ0v) is 12.4. The normalized spacial score (nSPS) is 11.0. The van der Waals surface area contributed by atoms with Gasteiger partial charge in [-0.3, -0.25) is 9.89 Å². The molecule has 1 N–H and O–H groups in total. The molecule has 0 fully saturated rings. The molecule has 1 rings (SSSR count). The Hall–Kier alpha value is -1.43. The van der Waals surface area contributed by atoms with Gasteiger partial charge < -0.3 is 9.80 Å². The highest BCUT2D eigenvalue weighted by Gasteiger charge is 2.19. The largest absolute Gasteiger partial charge is 0.335 e. The molecule has 1 amide bonds. The summed E-state index contributed by atoms with van der Waals surface area (Å²) in [6.45, 7) is 6.43. The van der Waals surface area contributed by atoms with Crippen LogP contribution < -0.4 is 0 Å². The average molecular weight is 267 g/mol. The van der Waals surface area contributed by atoms with Crippen molar-refractivity contribution >= 4 is 5.91 Å². The van der Waals surface area contributed by atoms with Crippen LogP contribution in [-0.4, -0.2) is 64.6 Å². The summed E-state index contributed by atoms with van der Waals surface area (Å²) in [4.78, 5) is 20.5. The number of H-pyrrole nitrogens is 1. The van der Waals surface area contributed by atoms with Gasteiger partial charge in [0.2, 0.25) is 5.82 Å². The molecule has 1 aromatic heterocycles. The van der Waals surface area contributed by atoms with Gasteiger partial charge in [-0.15, -0.1) is 5.10 Å². The van der Waals surface area contributed by atoms with Crippen molar-refractivity contribution in [3.05, 3.63) is 11.6 Å². The molecule has 0 aliphatic rings. The lowest BCUT2D eigenvalue weighted by Crippen LogP contribution is -2.37. The molecule has 6 nitrogen and oxygen atoms in total. The number of carbonyl (C=O) groups is 1. The van der Waals surface area contributed by atoms with Gasteiger partial charge in [0.15, 0.2) is 0 Å². The molecule has 0 aliphatic heterocycles. The first kappa shape index (κ1) is 15.6. The fourth-order valence-corrected chi connectivity index (χ4v) is 1.79. The van der Waals surface area contributed by atoms with Crippen LogP contribution in [0.25, 0.3) is 0 Å². The standard InChI is InChI=1S/C13H25N5O/c1-5-7-11-14-12(16-15-11)13(19)18(8-6-2)10-9-17(3)4/h5-10H2,1-4H3,(H,14,15,16). The van der Waals surface area contributed by atoms with Crippen molar-refractivity contribution in [3.8, 4) is 0 Å². The first-order valence-corrected chi connectivity index (χ1v) is 6.93. The number of amides is 1. The van der Waals surface area contributed by atoms with Crippen molar-refractivity contribution in [2.45, 2.75) is 33.1 Å². The van der Waals surface area contributed by atoms with E-state index in [4.69, 9.17) is 0 Å². The Bertz CT molecular complexity index is 388. The monoisotopic (exact) mass is 267 g/mol. The molecule has 1 heterocycles. The number of aromatic amines is 1. The maximum atomic E-state index is 12.3. The van der Waals surface area contributed by atoms with Crippen molar-refractivity contribution in [2.24, 2.45) is 0 Å². The third-order valence-electron chi connectivity index (χ3n) is 2.81. The van der Waals surface area contributed by atoms with Crippen LogP contribution in [0.4, 0.5) is 0 Å². The van der Waals surface area contributed by atoms with Crippen LogP contribution in [0.2, 0.25) is 0 Å². The van der Waals surface area contributed by atoms with E-state index in [1.54, 1.807) is 0 Å². The van der Waals surface area contributed by atoms with Crippen LogP contribution in [0.3, 0.4) is 0 Å². The zero-order chi connectivity index (χ0) is 14.3. The van der Waals surface area contributed by atoms with E-state index in [0.717, 1.165) is 38.2 Å². The average Bonchev–Trinajstić information content (AvgIpc) is 2.82. The second-order valence-corrected chi connectivity index (χ2v) is 4.95. The smallest absolute Gasteiger partial charge is 0.293 e. The van der Waals surface area contributed by atoms with E-state index in [0.29, 0.717) is 6.54 Å². The van der Waals surface area contributed by atoms with Crippen molar-refractivity contribution in [3.63, 3.8) is 0 Å². The fraction of sp³-hybridized carbons (Fsp3) is 0.769. The predicted octanol–water partition coefficient (Wildman–Crippen LogP) is 1.17. The van der Waals surface area contributed by atoms with Crippen molar-refractivity contribution in [1.82, 2.24) is 25.0 Å². The molecule has 0 spiro atoms. The van der Waals surface area contributed by atoms with Crippen molar-refractivity contribution in [2.75, 3.05) is 33.7 Å². The highest BCUT2D eigenvalue weighted by atomic mass is 16.2. The Morgan fingerprint density at radius 3 is 2.47 bits per heavy atom. The maximum absolute atomic E-state index is 12.3. The first-order valence-electron chi connectivity index (χ1n) is 6.93. The van der Waals surface area contributed by atoms with E-state index < -0.39 is 0 Å². The molecule has 19 heavy (non-hydrogen) atoms. The summed E-state index contributed by atoms with van der Waals surface area (Å²) in [6.07, 6.45) is 2.75.